The minimum absolute atomic E-state index is 0.0144. The first-order chi connectivity index (χ1) is 5.81. The van der Waals surface area contributed by atoms with E-state index in [0.717, 1.165) is 11.1 Å². The van der Waals surface area contributed by atoms with Crippen LogP contribution in [0.1, 0.15) is 17.2 Å². The minimum atomic E-state index is 0.0144. The SMILES string of the molecule is NCC1OCc2cc(O)ccc21. The van der Waals surface area contributed by atoms with Gasteiger partial charge in [-0.2, -0.15) is 0 Å². The fourth-order valence-electron chi connectivity index (χ4n) is 1.51. The van der Waals surface area contributed by atoms with Gasteiger partial charge in [-0.3, -0.25) is 0 Å². The van der Waals surface area contributed by atoms with Crippen LogP contribution < -0.4 is 5.73 Å². The Morgan fingerprint density at radius 3 is 3.17 bits per heavy atom. The molecule has 1 unspecified atom stereocenters. The molecule has 1 aliphatic heterocycles. The number of ether oxygens (including phenoxy) is 1. The van der Waals surface area contributed by atoms with E-state index in [1.807, 2.05) is 6.07 Å². The lowest BCUT2D eigenvalue weighted by molar-refractivity contribution is 0.0723. The second-order valence-electron chi connectivity index (χ2n) is 2.92. The Labute approximate surface area is 70.8 Å². The molecule has 3 heteroatoms. The molecule has 1 aromatic rings. The summed E-state index contributed by atoms with van der Waals surface area (Å²) in [5.41, 5.74) is 7.65. The summed E-state index contributed by atoms with van der Waals surface area (Å²) in [5.74, 6) is 0.287. The van der Waals surface area contributed by atoms with Crippen LogP contribution >= 0.6 is 0 Å². The van der Waals surface area contributed by atoms with Crippen LogP contribution in [0.3, 0.4) is 0 Å². The van der Waals surface area contributed by atoms with Gasteiger partial charge in [0.05, 0.1) is 12.7 Å². The third-order valence-electron chi connectivity index (χ3n) is 2.13. The summed E-state index contributed by atoms with van der Waals surface area (Å²) in [6.07, 6.45) is 0.0144. The molecule has 2 rings (SSSR count). The third kappa shape index (κ3) is 1.07. The van der Waals surface area contributed by atoms with E-state index >= 15 is 0 Å². The number of nitrogens with two attached hydrogens (primary N) is 1. The van der Waals surface area contributed by atoms with Crippen LogP contribution in [-0.4, -0.2) is 11.7 Å². The first-order valence-electron chi connectivity index (χ1n) is 3.94. The maximum atomic E-state index is 9.17. The van der Waals surface area contributed by atoms with Gasteiger partial charge in [0, 0.05) is 6.54 Å². The molecule has 1 atom stereocenters. The average molecular weight is 165 g/mol. The second-order valence-corrected chi connectivity index (χ2v) is 2.92. The third-order valence-corrected chi connectivity index (χ3v) is 2.13. The summed E-state index contributed by atoms with van der Waals surface area (Å²) in [7, 11) is 0. The van der Waals surface area contributed by atoms with Crippen molar-refractivity contribution in [2.75, 3.05) is 6.54 Å². The van der Waals surface area contributed by atoms with Crippen molar-refractivity contribution in [2.45, 2.75) is 12.7 Å². The fraction of sp³-hybridized carbons (Fsp3) is 0.333. The van der Waals surface area contributed by atoms with Crippen LogP contribution in [0, 0.1) is 0 Å². The van der Waals surface area contributed by atoms with Crippen molar-refractivity contribution in [2.24, 2.45) is 5.73 Å². The maximum absolute atomic E-state index is 9.17. The zero-order valence-electron chi connectivity index (χ0n) is 6.66. The van der Waals surface area contributed by atoms with E-state index < -0.39 is 0 Å². The number of aromatic hydroxyl groups is 1. The fourth-order valence-corrected chi connectivity index (χ4v) is 1.51. The highest BCUT2D eigenvalue weighted by Crippen LogP contribution is 2.31. The molecule has 0 saturated heterocycles. The van der Waals surface area contributed by atoms with Crippen LogP contribution in [0.25, 0.3) is 0 Å². The van der Waals surface area contributed by atoms with E-state index in [0.29, 0.717) is 13.2 Å². The van der Waals surface area contributed by atoms with Gasteiger partial charge >= 0.3 is 0 Å². The Bertz CT molecular complexity index is 299. The van der Waals surface area contributed by atoms with Gasteiger partial charge in [-0.15, -0.1) is 0 Å². The summed E-state index contributed by atoms with van der Waals surface area (Å²) in [5, 5.41) is 9.17. The number of hydrogen-bond donors (Lipinski definition) is 2. The van der Waals surface area contributed by atoms with E-state index in [4.69, 9.17) is 15.6 Å². The molecular weight excluding hydrogens is 154 g/mol. The largest absolute Gasteiger partial charge is 0.508 e. The lowest BCUT2D eigenvalue weighted by Crippen LogP contribution is -2.10. The molecule has 1 heterocycles. The maximum Gasteiger partial charge on any atom is 0.115 e. The van der Waals surface area contributed by atoms with Gasteiger partial charge in [0.25, 0.3) is 0 Å². The van der Waals surface area contributed by atoms with Gasteiger partial charge in [0.1, 0.15) is 5.75 Å². The van der Waals surface area contributed by atoms with E-state index in [-0.39, 0.29) is 11.9 Å². The summed E-state index contributed by atoms with van der Waals surface area (Å²) in [6.45, 7) is 1.06. The van der Waals surface area contributed by atoms with Crippen LogP contribution in [0.15, 0.2) is 18.2 Å². The number of hydrogen-bond acceptors (Lipinski definition) is 3. The summed E-state index contributed by atoms with van der Waals surface area (Å²) in [4.78, 5) is 0. The summed E-state index contributed by atoms with van der Waals surface area (Å²) in [6, 6.07) is 5.26. The smallest absolute Gasteiger partial charge is 0.115 e. The standard InChI is InChI=1S/C9H11NO2/c10-4-9-8-2-1-7(11)3-6(8)5-12-9/h1-3,9,11H,4-5,10H2. The summed E-state index contributed by atoms with van der Waals surface area (Å²) >= 11 is 0. The normalized spacial score (nSPS) is 20.9. The molecule has 3 nitrogen and oxygen atoms in total. The topological polar surface area (TPSA) is 55.5 Å². The first kappa shape index (κ1) is 7.58. The molecule has 0 radical (unpaired) electrons. The molecule has 0 aromatic heterocycles. The Morgan fingerprint density at radius 2 is 2.42 bits per heavy atom. The van der Waals surface area contributed by atoms with E-state index in [1.165, 1.54) is 0 Å². The molecule has 0 saturated carbocycles. The number of benzene rings is 1. The average Bonchev–Trinajstić information content (AvgIpc) is 2.46. The molecule has 0 spiro atoms. The van der Waals surface area contributed by atoms with Crippen LogP contribution in [0.2, 0.25) is 0 Å². The van der Waals surface area contributed by atoms with Gasteiger partial charge in [-0.05, 0) is 23.3 Å². The minimum Gasteiger partial charge on any atom is -0.508 e. The van der Waals surface area contributed by atoms with E-state index in [1.54, 1.807) is 12.1 Å². The lowest BCUT2D eigenvalue weighted by atomic mass is 10.1. The molecule has 0 bridgehead atoms. The van der Waals surface area contributed by atoms with Gasteiger partial charge in [-0.25, -0.2) is 0 Å². The second kappa shape index (κ2) is 2.77. The number of rotatable bonds is 1. The molecule has 0 amide bonds. The van der Waals surface area contributed by atoms with Crippen molar-refractivity contribution >= 4 is 0 Å². The lowest BCUT2D eigenvalue weighted by Gasteiger charge is -2.06. The predicted octanol–water partition coefficient (Wildman–Crippen LogP) is 0.922. The van der Waals surface area contributed by atoms with Gasteiger partial charge in [0.2, 0.25) is 0 Å². The Morgan fingerprint density at radius 1 is 1.58 bits per heavy atom. The number of phenolic OH excluding ortho intramolecular Hbond substituents is 1. The predicted molar refractivity (Wildman–Crippen MR) is 44.7 cm³/mol. The van der Waals surface area contributed by atoms with E-state index in [9.17, 15) is 0 Å². The highest BCUT2D eigenvalue weighted by molar-refractivity contribution is 5.37. The Hall–Kier alpha value is -1.06. The quantitative estimate of drug-likeness (QED) is 0.650. The van der Waals surface area contributed by atoms with Crippen molar-refractivity contribution in [1.29, 1.82) is 0 Å². The van der Waals surface area contributed by atoms with Crippen LogP contribution in [0.4, 0.5) is 0 Å². The van der Waals surface area contributed by atoms with Gasteiger partial charge in [-0.1, -0.05) is 6.07 Å². The molecule has 1 aromatic carbocycles. The molecular formula is C9H11NO2. The van der Waals surface area contributed by atoms with Crippen LogP contribution in [-0.2, 0) is 11.3 Å². The summed E-state index contributed by atoms with van der Waals surface area (Å²) < 4.78 is 5.39. The van der Waals surface area contributed by atoms with Crippen LogP contribution in [0.5, 0.6) is 5.75 Å². The molecule has 12 heavy (non-hydrogen) atoms. The van der Waals surface area contributed by atoms with Gasteiger partial charge in [0.15, 0.2) is 0 Å². The van der Waals surface area contributed by atoms with Crippen molar-refractivity contribution in [3.05, 3.63) is 29.3 Å². The zero-order valence-corrected chi connectivity index (χ0v) is 6.66. The van der Waals surface area contributed by atoms with Crippen molar-refractivity contribution in [1.82, 2.24) is 0 Å². The first-order valence-corrected chi connectivity index (χ1v) is 3.94. The van der Waals surface area contributed by atoms with Crippen molar-refractivity contribution in [3.63, 3.8) is 0 Å². The molecule has 1 aliphatic rings. The Balaban J connectivity index is 2.40. The molecule has 0 aliphatic carbocycles. The van der Waals surface area contributed by atoms with Gasteiger partial charge < -0.3 is 15.6 Å². The highest BCUT2D eigenvalue weighted by Gasteiger charge is 2.21. The number of phenols is 1. The van der Waals surface area contributed by atoms with E-state index in [2.05, 4.69) is 0 Å². The van der Waals surface area contributed by atoms with Crippen molar-refractivity contribution < 1.29 is 9.84 Å². The van der Waals surface area contributed by atoms with Crippen molar-refractivity contribution in [3.8, 4) is 5.75 Å². The Kier molecular flexibility index (Phi) is 1.75. The molecule has 64 valence electrons. The number of fused-ring (bicyclic) bond motifs is 1. The highest BCUT2D eigenvalue weighted by atomic mass is 16.5. The molecule has 3 N–H and O–H groups in total. The monoisotopic (exact) mass is 165 g/mol. The molecule has 0 fully saturated rings. The zero-order chi connectivity index (χ0) is 8.55.